The third-order valence-electron chi connectivity index (χ3n) is 3.76. The lowest BCUT2D eigenvalue weighted by Gasteiger charge is -2.17. The van der Waals surface area contributed by atoms with Crippen molar-refractivity contribution in [1.29, 1.82) is 0 Å². The lowest BCUT2D eigenvalue weighted by molar-refractivity contribution is 0.206. The highest BCUT2D eigenvalue weighted by atomic mass is 32.2. The molecule has 24 heavy (non-hydrogen) atoms. The predicted molar refractivity (Wildman–Crippen MR) is 93.2 cm³/mol. The number of ether oxygens (including phenoxy) is 1. The highest BCUT2D eigenvalue weighted by Gasteiger charge is 2.34. The van der Waals surface area contributed by atoms with E-state index in [1.54, 1.807) is 18.5 Å². The maximum atomic E-state index is 12.6. The normalized spacial score (nSPS) is 18.7. The average Bonchev–Trinajstić information content (AvgIpc) is 3.17. The van der Waals surface area contributed by atoms with E-state index in [0.29, 0.717) is 35.4 Å². The van der Waals surface area contributed by atoms with Gasteiger partial charge in [-0.2, -0.15) is 9.29 Å². The number of thiophene rings is 1. The van der Waals surface area contributed by atoms with Crippen molar-refractivity contribution in [3.05, 3.63) is 29.4 Å². The molecule has 0 radical (unpaired) electrons. The monoisotopic (exact) mass is 368 g/mol. The van der Waals surface area contributed by atoms with Gasteiger partial charge in [0.05, 0.1) is 18.9 Å². The van der Waals surface area contributed by atoms with Gasteiger partial charge in [0.1, 0.15) is 10.3 Å². The van der Waals surface area contributed by atoms with E-state index in [9.17, 15) is 8.42 Å². The van der Waals surface area contributed by atoms with Gasteiger partial charge in [0.15, 0.2) is 5.82 Å². The second-order valence-electron chi connectivity index (χ2n) is 5.87. The standard InChI is InChI=1S/C15H20N4O3S2/c1-11-4-5-15(23-11)24(20,21)19-7-6-12(10-19)22-14-9-16-8-13(17-14)18(2)3/h4-5,8-9,12H,6-7,10H2,1-3H3. The Morgan fingerprint density at radius 3 is 2.79 bits per heavy atom. The molecule has 3 rings (SSSR count). The fraction of sp³-hybridized carbons (Fsp3) is 0.467. The largest absolute Gasteiger partial charge is 0.472 e. The van der Waals surface area contributed by atoms with Crippen LogP contribution in [0.25, 0.3) is 0 Å². The zero-order chi connectivity index (χ0) is 17.3. The van der Waals surface area contributed by atoms with Gasteiger partial charge in [-0.15, -0.1) is 11.3 Å². The molecule has 1 fully saturated rings. The van der Waals surface area contributed by atoms with E-state index in [-0.39, 0.29) is 6.10 Å². The van der Waals surface area contributed by atoms with Crippen LogP contribution >= 0.6 is 11.3 Å². The third kappa shape index (κ3) is 3.52. The molecule has 0 saturated carbocycles. The molecule has 0 spiro atoms. The fourth-order valence-corrected chi connectivity index (χ4v) is 5.40. The van der Waals surface area contributed by atoms with Crippen molar-refractivity contribution >= 4 is 27.2 Å². The molecule has 7 nitrogen and oxygen atoms in total. The van der Waals surface area contributed by atoms with Gasteiger partial charge in [0, 0.05) is 25.5 Å². The highest BCUT2D eigenvalue weighted by Crippen LogP contribution is 2.28. The second kappa shape index (κ2) is 6.66. The summed E-state index contributed by atoms with van der Waals surface area (Å²) in [6, 6.07) is 3.49. The van der Waals surface area contributed by atoms with Crippen molar-refractivity contribution in [3.8, 4) is 5.88 Å². The van der Waals surface area contributed by atoms with Crippen LogP contribution < -0.4 is 9.64 Å². The number of anilines is 1. The number of hydrogen-bond donors (Lipinski definition) is 0. The van der Waals surface area contributed by atoms with Crippen LogP contribution in [0.4, 0.5) is 5.82 Å². The van der Waals surface area contributed by atoms with E-state index < -0.39 is 10.0 Å². The number of nitrogens with zero attached hydrogens (tertiary/aromatic N) is 4. The van der Waals surface area contributed by atoms with Gasteiger partial charge < -0.3 is 9.64 Å². The zero-order valence-corrected chi connectivity index (χ0v) is 15.5. The Balaban J connectivity index is 1.68. The summed E-state index contributed by atoms with van der Waals surface area (Å²) in [5, 5.41) is 0. The number of aromatic nitrogens is 2. The van der Waals surface area contributed by atoms with Crippen LogP contribution in [0.5, 0.6) is 5.88 Å². The van der Waals surface area contributed by atoms with E-state index in [1.807, 2.05) is 32.0 Å². The highest BCUT2D eigenvalue weighted by molar-refractivity contribution is 7.91. The van der Waals surface area contributed by atoms with E-state index in [4.69, 9.17) is 4.74 Å². The molecule has 0 aromatic carbocycles. The molecule has 0 bridgehead atoms. The molecule has 0 aliphatic carbocycles. The molecule has 9 heteroatoms. The average molecular weight is 368 g/mol. The quantitative estimate of drug-likeness (QED) is 0.800. The summed E-state index contributed by atoms with van der Waals surface area (Å²) in [5.41, 5.74) is 0. The summed E-state index contributed by atoms with van der Waals surface area (Å²) >= 11 is 1.29. The van der Waals surface area contributed by atoms with Crippen molar-refractivity contribution in [2.45, 2.75) is 23.7 Å². The molecule has 1 saturated heterocycles. The van der Waals surface area contributed by atoms with E-state index in [1.165, 1.54) is 15.6 Å². The molecule has 1 unspecified atom stereocenters. The smallest absolute Gasteiger partial charge is 0.252 e. The molecule has 2 aromatic heterocycles. The Labute approximate surface area is 146 Å². The van der Waals surface area contributed by atoms with Crippen LogP contribution in [-0.2, 0) is 10.0 Å². The number of sulfonamides is 1. The van der Waals surface area contributed by atoms with Crippen molar-refractivity contribution < 1.29 is 13.2 Å². The second-order valence-corrected chi connectivity index (χ2v) is 9.32. The van der Waals surface area contributed by atoms with Crippen LogP contribution in [0, 0.1) is 6.92 Å². The first-order valence-corrected chi connectivity index (χ1v) is 9.84. The summed E-state index contributed by atoms with van der Waals surface area (Å²) in [6.07, 6.45) is 3.62. The minimum Gasteiger partial charge on any atom is -0.472 e. The van der Waals surface area contributed by atoms with Gasteiger partial charge in [-0.1, -0.05) is 0 Å². The first-order valence-electron chi connectivity index (χ1n) is 7.59. The molecule has 1 atom stereocenters. The molecule has 1 aliphatic rings. The molecule has 1 aliphatic heterocycles. The van der Waals surface area contributed by atoms with Crippen LogP contribution in [0.3, 0.4) is 0 Å². The Morgan fingerprint density at radius 2 is 2.12 bits per heavy atom. The maximum absolute atomic E-state index is 12.6. The lowest BCUT2D eigenvalue weighted by atomic mass is 10.3. The fourth-order valence-electron chi connectivity index (χ4n) is 2.47. The first-order chi connectivity index (χ1) is 11.4. The summed E-state index contributed by atoms with van der Waals surface area (Å²) in [7, 11) is 0.314. The maximum Gasteiger partial charge on any atom is 0.252 e. The van der Waals surface area contributed by atoms with Crippen LogP contribution in [0.2, 0.25) is 0 Å². The summed E-state index contributed by atoms with van der Waals surface area (Å²) in [5.74, 6) is 1.11. The first kappa shape index (κ1) is 17.1. The van der Waals surface area contributed by atoms with Crippen LogP contribution in [0.15, 0.2) is 28.7 Å². The molecule has 3 heterocycles. The van der Waals surface area contributed by atoms with Gasteiger partial charge >= 0.3 is 0 Å². The Kier molecular flexibility index (Phi) is 4.75. The Bertz CT molecular complexity index is 820. The Hall–Kier alpha value is -1.71. The molecule has 0 amide bonds. The molecular weight excluding hydrogens is 348 g/mol. The minimum absolute atomic E-state index is 0.215. The SMILES string of the molecule is Cc1ccc(S(=O)(=O)N2CCC(Oc3cncc(N(C)C)n3)C2)s1. The minimum atomic E-state index is -3.44. The molecule has 130 valence electrons. The van der Waals surface area contributed by atoms with Gasteiger partial charge in [0.25, 0.3) is 10.0 Å². The van der Waals surface area contributed by atoms with Gasteiger partial charge in [0.2, 0.25) is 5.88 Å². The van der Waals surface area contributed by atoms with Crippen LogP contribution in [-0.4, -0.2) is 56.0 Å². The van der Waals surface area contributed by atoms with E-state index >= 15 is 0 Å². The molecular formula is C15H20N4O3S2. The van der Waals surface area contributed by atoms with Crippen molar-refractivity contribution in [2.75, 3.05) is 32.1 Å². The summed E-state index contributed by atoms with van der Waals surface area (Å²) in [4.78, 5) is 11.3. The van der Waals surface area contributed by atoms with Gasteiger partial charge in [-0.25, -0.2) is 8.42 Å². The Morgan fingerprint density at radius 1 is 1.33 bits per heavy atom. The number of aryl methyl sites for hydroxylation is 1. The van der Waals surface area contributed by atoms with E-state index in [0.717, 1.165) is 4.88 Å². The van der Waals surface area contributed by atoms with Crippen molar-refractivity contribution in [3.63, 3.8) is 0 Å². The van der Waals surface area contributed by atoms with Crippen molar-refractivity contribution in [1.82, 2.24) is 14.3 Å². The van der Waals surface area contributed by atoms with Gasteiger partial charge in [-0.3, -0.25) is 4.98 Å². The van der Waals surface area contributed by atoms with E-state index in [2.05, 4.69) is 9.97 Å². The summed E-state index contributed by atoms with van der Waals surface area (Å²) in [6.45, 7) is 2.67. The molecule has 0 N–H and O–H groups in total. The van der Waals surface area contributed by atoms with Crippen molar-refractivity contribution in [2.24, 2.45) is 0 Å². The lowest BCUT2D eigenvalue weighted by Crippen LogP contribution is -2.30. The topological polar surface area (TPSA) is 75.6 Å². The summed E-state index contributed by atoms with van der Waals surface area (Å²) < 4.78 is 33.0. The number of rotatable bonds is 5. The van der Waals surface area contributed by atoms with Gasteiger partial charge in [-0.05, 0) is 25.5 Å². The number of hydrogen-bond acceptors (Lipinski definition) is 7. The van der Waals surface area contributed by atoms with Crippen LogP contribution in [0.1, 0.15) is 11.3 Å². The molecule has 2 aromatic rings. The zero-order valence-electron chi connectivity index (χ0n) is 13.8. The predicted octanol–water partition coefficient (Wildman–Crippen LogP) is 1.75. The third-order valence-corrected chi connectivity index (χ3v) is 7.10.